The van der Waals surface area contributed by atoms with Crippen molar-refractivity contribution in [1.82, 2.24) is 0 Å². The van der Waals surface area contributed by atoms with Crippen molar-refractivity contribution in [2.24, 2.45) is 0 Å². The number of hydrogen-bond donors (Lipinski definition) is 3. The van der Waals surface area contributed by atoms with Crippen LogP contribution in [0.1, 0.15) is 29.8 Å². The fourth-order valence-corrected chi connectivity index (χ4v) is 1.71. The van der Waals surface area contributed by atoms with Crippen molar-refractivity contribution in [1.29, 1.82) is 0 Å². The van der Waals surface area contributed by atoms with E-state index < -0.39 is 12.6 Å². The van der Waals surface area contributed by atoms with E-state index in [0.29, 0.717) is 5.69 Å². The zero-order chi connectivity index (χ0) is 15.3. The van der Waals surface area contributed by atoms with Crippen molar-refractivity contribution < 1.29 is 24.2 Å². The summed E-state index contributed by atoms with van der Waals surface area (Å²) < 4.78 is 4.62. The summed E-state index contributed by atoms with van der Waals surface area (Å²) in [6.07, 6.45) is 0. The number of aliphatic hydroxyl groups excluding tert-OH is 1. The van der Waals surface area contributed by atoms with Crippen molar-refractivity contribution in [2.45, 2.75) is 20.5 Å². The number of carbonyl (C=O) groups excluding carboxylic acids is 3. The largest absolute Gasteiger partial charge is 0.465 e. The molecule has 0 radical (unpaired) electrons. The first-order valence-electron chi connectivity index (χ1n) is 5.80. The summed E-state index contributed by atoms with van der Waals surface area (Å²) in [5.74, 6) is -1.37. The monoisotopic (exact) mass is 280 g/mol. The lowest BCUT2D eigenvalue weighted by atomic mass is 10.0. The lowest BCUT2D eigenvalue weighted by Gasteiger charge is -2.15. The second kappa shape index (κ2) is 6.67. The first-order chi connectivity index (χ1) is 9.38. The molecule has 7 heteroatoms. The molecule has 108 valence electrons. The molecule has 0 heterocycles. The Morgan fingerprint density at radius 2 is 1.75 bits per heavy atom. The van der Waals surface area contributed by atoms with Crippen LogP contribution in [0.3, 0.4) is 0 Å². The summed E-state index contributed by atoms with van der Waals surface area (Å²) in [6, 6.07) is 2.84. The number of methoxy groups -OCH3 is 1. The molecule has 1 aromatic carbocycles. The number of amides is 2. The Bertz CT molecular complexity index is 554. The van der Waals surface area contributed by atoms with Gasteiger partial charge in [-0.2, -0.15) is 0 Å². The zero-order valence-corrected chi connectivity index (χ0v) is 11.4. The van der Waals surface area contributed by atoms with Crippen LogP contribution in [0.2, 0.25) is 0 Å². The van der Waals surface area contributed by atoms with Crippen LogP contribution in [0.25, 0.3) is 0 Å². The number of benzene rings is 1. The van der Waals surface area contributed by atoms with Gasteiger partial charge in [-0.15, -0.1) is 0 Å². The maximum atomic E-state index is 11.7. The molecule has 0 aliphatic rings. The van der Waals surface area contributed by atoms with Crippen molar-refractivity contribution in [3.8, 4) is 0 Å². The van der Waals surface area contributed by atoms with Crippen LogP contribution >= 0.6 is 0 Å². The van der Waals surface area contributed by atoms with Crippen LogP contribution in [0.4, 0.5) is 11.4 Å². The predicted octanol–water partition coefficient (Wildman–Crippen LogP) is 0.882. The quantitative estimate of drug-likeness (QED) is 0.710. The number of hydrogen-bond acceptors (Lipinski definition) is 5. The molecule has 7 nitrogen and oxygen atoms in total. The fraction of sp³-hybridized carbons (Fsp3) is 0.308. The highest BCUT2D eigenvalue weighted by molar-refractivity contribution is 5.99. The SMILES string of the molecule is COC(=O)c1cc(NC(C)=O)cc(NC(C)=O)c1CO. The van der Waals surface area contributed by atoms with E-state index in [1.165, 1.54) is 33.1 Å². The number of rotatable bonds is 4. The third-order valence-corrected chi connectivity index (χ3v) is 2.44. The van der Waals surface area contributed by atoms with E-state index in [1.54, 1.807) is 0 Å². The molecule has 0 aliphatic heterocycles. The van der Waals surface area contributed by atoms with E-state index in [0.717, 1.165) is 0 Å². The van der Waals surface area contributed by atoms with Gasteiger partial charge in [-0.25, -0.2) is 4.79 Å². The highest BCUT2D eigenvalue weighted by Crippen LogP contribution is 2.26. The summed E-state index contributed by atoms with van der Waals surface area (Å²) in [4.78, 5) is 34.0. The Labute approximate surface area is 115 Å². The van der Waals surface area contributed by atoms with E-state index in [9.17, 15) is 19.5 Å². The van der Waals surface area contributed by atoms with Gasteiger partial charge in [0.05, 0.1) is 19.3 Å². The molecule has 1 aromatic rings. The third-order valence-electron chi connectivity index (χ3n) is 2.44. The van der Waals surface area contributed by atoms with Crippen molar-refractivity contribution in [2.75, 3.05) is 17.7 Å². The zero-order valence-electron chi connectivity index (χ0n) is 11.4. The lowest BCUT2D eigenvalue weighted by molar-refractivity contribution is -0.115. The fourth-order valence-electron chi connectivity index (χ4n) is 1.71. The van der Waals surface area contributed by atoms with E-state index in [4.69, 9.17) is 0 Å². The van der Waals surface area contributed by atoms with E-state index in [2.05, 4.69) is 15.4 Å². The van der Waals surface area contributed by atoms with E-state index in [-0.39, 0.29) is 28.6 Å². The Balaban J connectivity index is 3.41. The maximum Gasteiger partial charge on any atom is 0.338 e. The first kappa shape index (κ1) is 15.6. The minimum atomic E-state index is -0.673. The Morgan fingerprint density at radius 3 is 2.20 bits per heavy atom. The maximum absolute atomic E-state index is 11.7. The molecule has 0 saturated carbocycles. The van der Waals surface area contributed by atoms with Crippen LogP contribution in [0.5, 0.6) is 0 Å². The van der Waals surface area contributed by atoms with Crippen molar-refractivity contribution >= 4 is 29.2 Å². The Hall–Kier alpha value is -2.41. The Kier molecular flexibility index (Phi) is 5.22. The number of esters is 1. The summed E-state index contributed by atoms with van der Waals surface area (Å²) in [5, 5.41) is 14.4. The number of nitrogens with one attached hydrogen (secondary N) is 2. The van der Waals surface area contributed by atoms with Gasteiger partial charge in [0.15, 0.2) is 0 Å². The van der Waals surface area contributed by atoms with Gasteiger partial charge in [0.1, 0.15) is 0 Å². The molecule has 2 amide bonds. The van der Waals surface area contributed by atoms with Gasteiger partial charge in [-0.3, -0.25) is 9.59 Å². The molecule has 0 fully saturated rings. The number of anilines is 2. The van der Waals surface area contributed by atoms with Crippen LogP contribution in [-0.4, -0.2) is 30.0 Å². The van der Waals surface area contributed by atoms with E-state index in [1.807, 2.05) is 0 Å². The van der Waals surface area contributed by atoms with Crippen LogP contribution in [0, 0.1) is 0 Å². The summed E-state index contributed by atoms with van der Waals surface area (Å²) in [5.41, 5.74) is 0.858. The molecule has 0 unspecified atom stereocenters. The third kappa shape index (κ3) is 3.79. The normalized spacial score (nSPS) is 9.80. The average molecular weight is 280 g/mol. The second-order valence-corrected chi connectivity index (χ2v) is 4.06. The summed E-state index contributed by atoms with van der Waals surface area (Å²) >= 11 is 0. The van der Waals surface area contributed by atoms with Gasteiger partial charge in [0.25, 0.3) is 0 Å². The molecule has 1 rings (SSSR count). The summed E-state index contributed by atoms with van der Waals surface area (Å²) in [6.45, 7) is 2.15. The summed E-state index contributed by atoms with van der Waals surface area (Å²) in [7, 11) is 1.20. The second-order valence-electron chi connectivity index (χ2n) is 4.06. The highest BCUT2D eigenvalue weighted by atomic mass is 16.5. The molecule has 0 spiro atoms. The van der Waals surface area contributed by atoms with Gasteiger partial charge in [-0.05, 0) is 12.1 Å². The highest BCUT2D eigenvalue weighted by Gasteiger charge is 2.18. The van der Waals surface area contributed by atoms with Crippen LogP contribution < -0.4 is 10.6 Å². The standard InChI is InChI=1S/C13H16N2O5/c1-7(17)14-9-4-10(13(19)20-3)11(6-16)12(5-9)15-8(2)18/h4-5,16H,6H2,1-3H3,(H,14,17)(H,15,18). The Morgan fingerprint density at radius 1 is 1.15 bits per heavy atom. The average Bonchev–Trinajstić information content (AvgIpc) is 2.35. The lowest BCUT2D eigenvalue weighted by Crippen LogP contribution is -2.15. The number of ether oxygens (including phenoxy) is 1. The predicted molar refractivity (Wildman–Crippen MR) is 72.3 cm³/mol. The molecule has 20 heavy (non-hydrogen) atoms. The smallest absolute Gasteiger partial charge is 0.338 e. The molecular weight excluding hydrogens is 264 g/mol. The van der Waals surface area contributed by atoms with Crippen molar-refractivity contribution in [3.05, 3.63) is 23.3 Å². The van der Waals surface area contributed by atoms with Crippen LogP contribution in [0.15, 0.2) is 12.1 Å². The molecule has 0 aromatic heterocycles. The molecule has 0 atom stereocenters. The van der Waals surface area contributed by atoms with Gasteiger partial charge in [-0.1, -0.05) is 0 Å². The minimum absolute atomic E-state index is 0.0741. The van der Waals surface area contributed by atoms with Gasteiger partial charge in [0.2, 0.25) is 11.8 Å². The van der Waals surface area contributed by atoms with Gasteiger partial charge in [0, 0.05) is 30.8 Å². The minimum Gasteiger partial charge on any atom is -0.465 e. The first-order valence-corrected chi connectivity index (χ1v) is 5.80. The number of aliphatic hydroxyl groups is 1. The van der Waals surface area contributed by atoms with E-state index >= 15 is 0 Å². The topological polar surface area (TPSA) is 105 Å². The molecule has 0 saturated heterocycles. The molecule has 3 N–H and O–H groups in total. The number of carbonyl (C=O) groups is 3. The van der Waals surface area contributed by atoms with Gasteiger partial charge < -0.3 is 20.5 Å². The van der Waals surface area contributed by atoms with Crippen LogP contribution in [-0.2, 0) is 20.9 Å². The van der Waals surface area contributed by atoms with Gasteiger partial charge >= 0.3 is 5.97 Å². The molecule has 0 aliphatic carbocycles. The van der Waals surface area contributed by atoms with Crippen molar-refractivity contribution in [3.63, 3.8) is 0 Å². The molecule has 0 bridgehead atoms. The molecular formula is C13H16N2O5.